The van der Waals surface area contributed by atoms with Gasteiger partial charge in [0, 0.05) is 27.3 Å². The topological polar surface area (TPSA) is 108 Å². The first-order valence-electron chi connectivity index (χ1n) is 14.2. The van der Waals surface area contributed by atoms with Crippen LogP contribution in [0.25, 0.3) is 11.9 Å². The van der Waals surface area contributed by atoms with Crippen molar-refractivity contribution in [1.29, 1.82) is 0 Å². The second-order valence-electron chi connectivity index (χ2n) is 11.5. The van der Waals surface area contributed by atoms with Crippen LogP contribution in [-0.4, -0.2) is 52.3 Å². The van der Waals surface area contributed by atoms with Crippen molar-refractivity contribution >= 4 is 21.8 Å². The molecule has 1 saturated carbocycles. The Morgan fingerprint density at radius 3 is 2.41 bits per heavy atom. The lowest BCUT2D eigenvalue weighted by atomic mass is 9.84. The molecule has 0 radical (unpaired) electrons. The van der Waals surface area contributed by atoms with Gasteiger partial charge in [-0.2, -0.15) is 18.3 Å². The van der Waals surface area contributed by atoms with E-state index in [-0.39, 0.29) is 41.0 Å². The Hall–Kier alpha value is -4.07. The Bertz CT molecular complexity index is 1810. The number of hydrogen-bond acceptors (Lipinski definition) is 7. The van der Waals surface area contributed by atoms with Gasteiger partial charge in [0.15, 0.2) is 5.75 Å². The minimum absolute atomic E-state index is 0.0808. The smallest absolute Gasteiger partial charge is 0.417 e. The number of carbonyl (C=O) groups is 1. The molecule has 1 aliphatic heterocycles. The van der Waals surface area contributed by atoms with Gasteiger partial charge in [0.25, 0.3) is 11.5 Å². The number of alkyl halides is 3. The summed E-state index contributed by atoms with van der Waals surface area (Å²) in [5.41, 5.74) is 0.615. The van der Waals surface area contributed by atoms with E-state index in [1.54, 1.807) is 6.92 Å². The molecule has 1 aromatic carbocycles. The van der Waals surface area contributed by atoms with E-state index in [2.05, 4.69) is 37.9 Å². The molecule has 1 aliphatic carbocycles. The van der Waals surface area contributed by atoms with Crippen LogP contribution in [0.3, 0.4) is 0 Å². The van der Waals surface area contributed by atoms with Crippen molar-refractivity contribution in [3.8, 4) is 17.6 Å². The maximum Gasteiger partial charge on any atom is 0.417 e. The molecular formula is C30H29BrF3N7O3. The third kappa shape index (κ3) is 5.51. The third-order valence-electron chi connectivity index (χ3n) is 8.02. The maximum absolute atomic E-state index is 14.1. The molecule has 230 valence electrons. The SMILES string of the molecule is Cc1cc(C)n(-c2nc3c(c(=O)n2-c2ncc(O[C@H]4C[C@@H](C)C4)cn2)CC(C)N(C(=O)c2ccc(Br)c(C(F)(F)F)c2)C3)n1. The number of ether oxygens (including phenoxy) is 1. The summed E-state index contributed by atoms with van der Waals surface area (Å²) in [5, 5.41) is 4.52. The number of hydrogen-bond donors (Lipinski definition) is 0. The van der Waals surface area contributed by atoms with Crippen molar-refractivity contribution in [2.75, 3.05) is 0 Å². The lowest BCUT2D eigenvalue weighted by Crippen LogP contribution is -2.46. The first kappa shape index (κ1) is 30.0. The average Bonchev–Trinajstić information content (AvgIpc) is 3.29. The van der Waals surface area contributed by atoms with Crippen LogP contribution in [0.5, 0.6) is 5.75 Å². The van der Waals surface area contributed by atoms with Crippen LogP contribution in [0.1, 0.15) is 65.3 Å². The van der Waals surface area contributed by atoms with Crippen LogP contribution < -0.4 is 10.3 Å². The van der Waals surface area contributed by atoms with Crippen molar-refractivity contribution in [3.63, 3.8) is 0 Å². The summed E-state index contributed by atoms with van der Waals surface area (Å²) >= 11 is 2.92. The molecule has 3 aromatic heterocycles. The summed E-state index contributed by atoms with van der Waals surface area (Å²) in [5.74, 6) is 0.736. The number of nitrogens with zero attached hydrogens (tertiary/aromatic N) is 7. The molecule has 6 rings (SSSR count). The van der Waals surface area contributed by atoms with E-state index in [1.807, 2.05) is 19.9 Å². The summed E-state index contributed by atoms with van der Waals surface area (Å²) in [6, 6.07) is 4.71. The van der Waals surface area contributed by atoms with Crippen molar-refractivity contribution in [1.82, 2.24) is 34.2 Å². The molecule has 0 N–H and O–H groups in total. The molecule has 1 amide bonds. The second kappa shape index (κ2) is 11.1. The highest BCUT2D eigenvalue weighted by molar-refractivity contribution is 9.10. The fourth-order valence-electron chi connectivity index (χ4n) is 5.72. The van der Waals surface area contributed by atoms with Crippen LogP contribution >= 0.6 is 15.9 Å². The number of aromatic nitrogens is 6. The number of fused-ring (bicyclic) bond motifs is 1. The van der Waals surface area contributed by atoms with Gasteiger partial charge in [0.2, 0.25) is 11.9 Å². The number of amides is 1. The van der Waals surface area contributed by atoms with Gasteiger partial charge in [-0.05, 0) is 70.2 Å². The van der Waals surface area contributed by atoms with E-state index in [4.69, 9.17) is 9.72 Å². The fraction of sp³-hybridized carbons (Fsp3) is 0.400. The highest BCUT2D eigenvalue weighted by Crippen LogP contribution is 2.36. The summed E-state index contributed by atoms with van der Waals surface area (Å²) in [6.45, 7) is 7.45. The van der Waals surface area contributed by atoms with Crippen molar-refractivity contribution in [3.05, 3.63) is 85.3 Å². The fourth-order valence-corrected chi connectivity index (χ4v) is 6.19. The zero-order valence-corrected chi connectivity index (χ0v) is 26.0. The molecular weight excluding hydrogens is 643 g/mol. The van der Waals surface area contributed by atoms with Gasteiger partial charge in [-0.25, -0.2) is 24.2 Å². The van der Waals surface area contributed by atoms with Gasteiger partial charge in [-0.1, -0.05) is 22.9 Å². The zero-order valence-electron chi connectivity index (χ0n) is 24.4. The summed E-state index contributed by atoms with van der Waals surface area (Å²) < 4.78 is 49.2. The Kier molecular flexibility index (Phi) is 7.58. The minimum Gasteiger partial charge on any atom is -0.487 e. The second-order valence-corrected chi connectivity index (χ2v) is 12.4. The maximum atomic E-state index is 14.1. The van der Waals surface area contributed by atoms with Gasteiger partial charge in [-0.15, -0.1) is 0 Å². The van der Waals surface area contributed by atoms with Crippen molar-refractivity contribution < 1.29 is 22.7 Å². The molecule has 0 saturated heterocycles. The first-order chi connectivity index (χ1) is 20.8. The van der Waals surface area contributed by atoms with Gasteiger partial charge in [-0.3, -0.25) is 9.59 Å². The molecule has 1 atom stereocenters. The molecule has 4 heterocycles. The minimum atomic E-state index is -4.64. The van der Waals surface area contributed by atoms with Crippen molar-refractivity contribution in [2.24, 2.45) is 5.92 Å². The Morgan fingerprint density at radius 2 is 1.80 bits per heavy atom. The number of rotatable bonds is 5. The summed E-state index contributed by atoms with van der Waals surface area (Å²) in [4.78, 5) is 42.7. The van der Waals surface area contributed by atoms with E-state index in [0.29, 0.717) is 34.3 Å². The van der Waals surface area contributed by atoms with Crippen LogP contribution in [0.15, 0.2) is 45.9 Å². The number of benzene rings is 1. The quantitative estimate of drug-likeness (QED) is 0.281. The first-order valence-corrected chi connectivity index (χ1v) is 14.9. The number of aryl methyl sites for hydroxylation is 2. The predicted octanol–water partition coefficient (Wildman–Crippen LogP) is 5.37. The Morgan fingerprint density at radius 1 is 1.09 bits per heavy atom. The highest BCUT2D eigenvalue weighted by atomic mass is 79.9. The van der Waals surface area contributed by atoms with Crippen molar-refractivity contribution in [2.45, 2.75) is 71.8 Å². The number of carbonyl (C=O) groups excluding carboxylic acids is 1. The average molecular weight is 673 g/mol. The predicted molar refractivity (Wildman–Crippen MR) is 157 cm³/mol. The van der Waals surface area contributed by atoms with Crippen LogP contribution in [0.4, 0.5) is 13.2 Å². The molecule has 44 heavy (non-hydrogen) atoms. The molecule has 1 fully saturated rings. The zero-order chi connectivity index (χ0) is 31.5. The van der Waals surface area contributed by atoms with Gasteiger partial charge >= 0.3 is 6.18 Å². The van der Waals surface area contributed by atoms with E-state index < -0.39 is 29.2 Å². The lowest BCUT2D eigenvalue weighted by molar-refractivity contribution is -0.138. The normalized spacial score (nSPS) is 19.8. The van der Waals surface area contributed by atoms with E-state index in [9.17, 15) is 22.8 Å². The molecule has 14 heteroatoms. The number of halogens is 4. The van der Waals surface area contributed by atoms with E-state index >= 15 is 0 Å². The van der Waals surface area contributed by atoms with Crippen LogP contribution in [0, 0.1) is 19.8 Å². The standard InChI is InChI=1S/C30H29BrF3N7O3/c1-15-7-20(8-15)44-21-12-35-28(36-13-21)40-27(43)22-10-17(3)39(14-25(22)37-29(40)41-18(4)9-16(2)38-41)26(42)19-5-6-24(31)23(11-19)30(32,33)34/h5-6,9,11-13,15,17,20H,7-8,10,14H2,1-4H3/t15-,17?,20+. The van der Waals surface area contributed by atoms with E-state index in [0.717, 1.165) is 18.9 Å². The molecule has 0 spiro atoms. The lowest BCUT2D eigenvalue weighted by Gasteiger charge is -2.34. The Balaban J connectivity index is 1.39. The van der Waals surface area contributed by atoms with E-state index in [1.165, 1.54) is 38.7 Å². The monoisotopic (exact) mass is 671 g/mol. The van der Waals surface area contributed by atoms with Crippen LogP contribution in [-0.2, 0) is 19.1 Å². The molecule has 4 aromatic rings. The summed E-state index contributed by atoms with van der Waals surface area (Å²) in [7, 11) is 0. The largest absolute Gasteiger partial charge is 0.487 e. The molecule has 10 nitrogen and oxygen atoms in total. The molecule has 1 unspecified atom stereocenters. The third-order valence-corrected chi connectivity index (χ3v) is 8.71. The van der Waals surface area contributed by atoms with Gasteiger partial charge < -0.3 is 9.64 Å². The molecule has 0 bridgehead atoms. The highest BCUT2D eigenvalue weighted by Gasteiger charge is 2.36. The van der Waals surface area contributed by atoms with Gasteiger partial charge in [0.05, 0.1) is 42.0 Å². The summed E-state index contributed by atoms with van der Waals surface area (Å²) in [6.07, 6.45) is 0.578. The van der Waals surface area contributed by atoms with Crippen LogP contribution in [0.2, 0.25) is 0 Å². The van der Waals surface area contributed by atoms with Gasteiger partial charge in [0.1, 0.15) is 0 Å². The Labute approximate surface area is 259 Å². The molecule has 2 aliphatic rings.